The Labute approximate surface area is 174 Å². The number of halogens is 2. The SMILES string of the molecule is COc1cc2c(cc1OC)CN(CCNC(=O)C(C)C1CNC1)CC2.Cl.Cl. The highest BCUT2D eigenvalue weighted by atomic mass is 35.5. The fourth-order valence-electron chi connectivity index (χ4n) is 3.51. The zero-order valence-corrected chi connectivity index (χ0v) is 17.9. The van der Waals surface area contributed by atoms with Crippen LogP contribution >= 0.6 is 24.8 Å². The first-order valence-corrected chi connectivity index (χ1v) is 9.07. The summed E-state index contributed by atoms with van der Waals surface area (Å²) in [6, 6.07) is 4.16. The van der Waals surface area contributed by atoms with Crippen molar-refractivity contribution in [2.75, 3.05) is 46.9 Å². The standard InChI is InChI=1S/C19H29N3O3.2ClH/c1-13(16-10-20-11-16)19(23)21-5-7-22-6-4-14-8-17(24-2)18(25-3)9-15(14)12-22;;/h8-9,13,16,20H,4-7,10-12H2,1-3H3,(H,21,23);2*1H. The van der Waals surface area contributed by atoms with Crippen molar-refractivity contribution < 1.29 is 14.3 Å². The Hall–Kier alpha value is -1.21. The Morgan fingerprint density at radius 1 is 1.22 bits per heavy atom. The molecule has 1 fully saturated rings. The molecule has 0 radical (unpaired) electrons. The predicted molar refractivity (Wildman–Crippen MR) is 112 cm³/mol. The van der Waals surface area contributed by atoms with Gasteiger partial charge >= 0.3 is 0 Å². The van der Waals surface area contributed by atoms with Crippen LogP contribution in [0.15, 0.2) is 12.1 Å². The van der Waals surface area contributed by atoms with E-state index in [0.717, 1.165) is 50.6 Å². The van der Waals surface area contributed by atoms with Gasteiger partial charge in [-0.25, -0.2) is 0 Å². The van der Waals surface area contributed by atoms with Crippen molar-refractivity contribution >= 4 is 30.7 Å². The van der Waals surface area contributed by atoms with Crippen LogP contribution in [0.3, 0.4) is 0 Å². The molecular weight excluding hydrogens is 389 g/mol. The third-order valence-corrected chi connectivity index (χ3v) is 5.46. The van der Waals surface area contributed by atoms with Crippen molar-refractivity contribution in [3.05, 3.63) is 23.3 Å². The number of nitrogens with zero attached hydrogens (tertiary/aromatic N) is 1. The number of amides is 1. The predicted octanol–water partition coefficient (Wildman–Crippen LogP) is 1.88. The molecule has 0 aromatic heterocycles. The Morgan fingerprint density at radius 3 is 2.41 bits per heavy atom. The van der Waals surface area contributed by atoms with E-state index in [2.05, 4.69) is 27.7 Å². The van der Waals surface area contributed by atoms with Gasteiger partial charge in [0.2, 0.25) is 5.91 Å². The zero-order chi connectivity index (χ0) is 17.8. The maximum absolute atomic E-state index is 12.2. The molecule has 0 bridgehead atoms. The van der Waals surface area contributed by atoms with Gasteiger partial charge < -0.3 is 20.1 Å². The number of hydrogen-bond donors (Lipinski definition) is 2. The quantitative estimate of drug-likeness (QED) is 0.706. The second-order valence-corrected chi connectivity index (χ2v) is 7.00. The van der Waals surface area contributed by atoms with Crippen LogP contribution < -0.4 is 20.1 Å². The van der Waals surface area contributed by atoms with Crippen LogP contribution in [0.1, 0.15) is 18.1 Å². The Balaban J connectivity index is 0.00000182. The van der Waals surface area contributed by atoms with Crippen LogP contribution in [0.25, 0.3) is 0 Å². The number of benzene rings is 1. The molecule has 2 aliphatic rings. The number of carbonyl (C=O) groups excluding carboxylic acids is 1. The summed E-state index contributed by atoms with van der Waals surface area (Å²) in [5.74, 6) is 2.33. The molecule has 6 nitrogen and oxygen atoms in total. The highest BCUT2D eigenvalue weighted by Gasteiger charge is 2.28. The molecule has 0 saturated carbocycles. The Morgan fingerprint density at radius 2 is 1.85 bits per heavy atom. The molecule has 3 rings (SSSR count). The smallest absolute Gasteiger partial charge is 0.223 e. The highest BCUT2D eigenvalue weighted by molar-refractivity contribution is 5.85. The normalized spacial score (nSPS) is 17.4. The lowest BCUT2D eigenvalue weighted by Crippen LogP contribution is -2.50. The van der Waals surface area contributed by atoms with E-state index in [1.54, 1.807) is 14.2 Å². The zero-order valence-electron chi connectivity index (χ0n) is 16.2. The molecular formula is C19H31Cl2N3O3. The topological polar surface area (TPSA) is 62.8 Å². The van der Waals surface area contributed by atoms with E-state index < -0.39 is 0 Å². The Kier molecular flexibility index (Phi) is 9.67. The molecule has 1 aromatic carbocycles. The molecule has 8 heteroatoms. The summed E-state index contributed by atoms with van der Waals surface area (Å²) >= 11 is 0. The minimum atomic E-state index is 0. The first-order chi connectivity index (χ1) is 12.1. The van der Waals surface area contributed by atoms with Crippen LogP contribution in [-0.4, -0.2) is 57.8 Å². The molecule has 1 unspecified atom stereocenters. The van der Waals surface area contributed by atoms with Gasteiger partial charge in [0, 0.05) is 32.1 Å². The van der Waals surface area contributed by atoms with Crippen molar-refractivity contribution in [3.8, 4) is 11.5 Å². The summed E-state index contributed by atoms with van der Waals surface area (Å²) in [7, 11) is 3.34. The summed E-state index contributed by atoms with van der Waals surface area (Å²) in [4.78, 5) is 14.6. The minimum Gasteiger partial charge on any atom is -0.493 e. The highest BCUT2D eigenvalue weighted by Crippen LogP contribution is 2.33. The maximum Gasteiger partial charge on any atom is 0.223 e. The fraction of sp³-hybridized carbons (Fsp3) is 0.632. The van der Waals surface area contributed by atoms with Crippen molar-refractivity contribution in [2.45, 2.75) is 19.9 Å². The van der Waals surface area contributed by atoms with Crippen LogP contribution in [-0.2, 0) is 17.8 Å². The summed E-state index contributed by atoms with van der Waals surface area (Å²) in [5, 5.41) is 6.31. The van der Waals surface area contributed by atoms with Crippen molar-refractivity contribution in [2.24, 2.45) is 11.8 Å². The molecule has 0 aliphatic carbocycles. The van der Waals surface area contributed by atoms with Gasteiger partial charge in [0.15, 0.2) is 11.5 Å². The summed E-state index contributed by atoms with van der Waals surface area (Å²) < 4.78 is 10.8. The van der Waals surface area contributed by atoms with E-state index in [-0.39, 0.29) is 36.6 Å². The van der Waals surface area contributed by atoms with Crippen LogP contribution in [0.5, 0.6) is 11.5 Å². The van der Waals surface area contributed by atoms with E-state index in [1.807, 2.05) is 6.92 Å². The van der Waals surface area contributed by atoms with Crippen LogP contribution in [0, 0.1) is 11.8 Å². The van der Waals surface area contributed by atoms with Gasteiger partial charge in [-0.15, -0.1) is 24.8 Å². The van der Waals surface area contributed by atoms with Crippen molar-refractivity contribution in [1.29, 1.82) is 0 Å². The molecule has 1 aromatic rings. The number of methoxy groups -OCH3 is 2. The number of nitrogens with one attached hydrogen (secondary N) is 2. The third kappa shape index (κ3) is 5.64. The molecule has 1 amide bonds. The second-order valence-electron chi connectivity index (χ2n) is 7.00. The van der Waals surface area contributed by atoms with E-state index in [1.165, 1.54) is 11.1 Å². The van der Waals surface area contributed by atoms with Gasteiger partial charge in [-0.3, -0.25) is 9.69 Å². The monoisotopic (exact) mass is 419 g/mol. The first kappa shape index (κ1) is 23.8. The van der Waals surface area contributed by atoms with E-state index in [9.17, 15) is 4.79 Å². The lowest BCUT2D eigenvalue weighted by molar-refractivity contribution is -0.126. The summed E-state index contributed by atoms with van der Waals surface area (Å²) in [6.45, 7) is 7.40. The summed E-state index contributed by atoms with van der Waals surface area (Å²) in [5.41, 5.74) is 2.60. The molecule has 1 atom stereocenters. The average molecular weight is 420 g/mol. The van der Waals surface area contributed by atoms with E-state index in [4.69, 9.17) is 9.47 Å². The third-order valence-electron chi connectivity index (χ3n) is 5.46. The van der Waals surface area contributed by atoms with Gasteiger partial charge in [-0.1, -0.05) is 6.92 Å². The lowest BCUT2D eigenvalue weighted by atomic mass is 9.88. The number of fused-ring (bicyclic) bond motifs is 1. The molecule has 0 spiro atoms. The van der Waals surface area contributed by atoms with Crippen molar-refractivity contribution in [3.63, 3.8) is 0 Å². The number of carbonyl (C=O) groups is 1. The number of ether oxygens (including phenoxy) is 2. The molecule has 1 saturated heterocycles. The molecule has 2 heterocycles. The van der Waals surface area contributed by atoms with Crippen molar-refractivity contribution in [1.82, 2.24) is 15.5 Å². The van der Waals surface area contributed by atoms with Crippen LogP contribution in [0.4, 0.5) is 0 Å². The number of hydrogen-bond acceptors (Lipinski definition) is 5. The largest absolute Gasteiger partial charge is 0.493 e. The van der Waals surface area contributed by atoms with Gasteiger partial charge in [0.25, 0.3) is 0 Å². The number of rotatable bonds is 7. The lowest BCUT2D eigenvalue weighted by Gasteiger charge is -2.32. The van der Waals surface area contributed by atoms with E-state index >= 15 is 0 Å². The molecule has 154 valence electrons. The van der Waals surface area contributed by atoms with Gasteiger partial charge in [-0.2, -0.15) is 0 Å². The summed E-state index contributed by atoms with van der Waals surface area (Å²) in [6.07, 6.45) is 0.994. The molecule has 27 heavy (non-hydrogen) atoms. The Bertz CT molecular complexity index is 626. The first-order valence-electron chi connectivity index (χ1n) is 9.07. The van der Waals surface area contributed by atoms with Gasteiger partial charge in [-0.05, 0) is 48.7 Å². The molecule has 2 aliphatic heterocycles. The van der Waals surface area contributed by atoms with Crippen LogP contribution in [0.2, 0.25) is 0 Å². The van der Waals surface area contributed by atoms with E-state index in [0.29, 0.717) is 12.5 Å². The second kappa shape index (κ2) is 11.0. The van der Waals surface area contributed by atoms with Gasteiger partial charge in [0.05, 0.1) is 14.2 Å². The minimum absolute atomic E-state index is 0. The average Bonchev–Trinajstić information content (AvgIpc) is 2.58. The maximum atomic E-state index is 12.2. The molecule has 2 N–H and O–H groups in total. The van der Waals surface area contributed by atoms with Gasteiger partial charge in [0.1, 0.15) is 0 Å². The fourth-order valence-corrected chi connectivity index (χ4v) is 3.51.